The molecule has 1 aromatic rings. The van der Waals surface area contributed by atoms with Crippen LogP contribution in [0.25, 0.3) is 0 Å². The van der Waals surface area contributed by atoms with Crippen molar-refractivity contribution < 1.29 is 9.53 Å². The molecule has 1 atom stereocenters. The van der Waals surface area contributed by atoms with Crippen LogP contribution in [-0.2, 0) is 16.1 Å². The van der Waals surface area contributed by atoms with Crippen LogP contribution >= 0.6 is 0 Å². The van der Waals surface area contributed by atoms with Gasteiger partial charge in [0.1, 0.15) is 6.04 Å². The molecule has 1 aromatic carbocycles. The molecule has 0 aliphatic carbocycles. The van der Waals surface area contributed by atoms with Gasteiger partial charge in [0, 0.05) is 26.2 Å². The van der Waals surface area contributed by atoms with E-state index in [-0.39, 0.29) is 12.0 Å². The fraction of sp³-hybridized carbons (Fsp3) is 0.562. The van der Waals surface area contributed by atoms with Crippen molar-refractivity contribution in [2.45, 2.75) is 33.4 Å². The highest BCUT2D eigenvalue weighted by molar-refractivity contribution is 5.76. The first-order chi connectivity index (χ1) is 9.63. The largest absolute Gasteiger partial charge is 0.465 e. The van der Waals surface area contributed by atoms with Gasteiger partial charge in [-0.2, -0.15) is 0 Å². The smallest absolute Gasteiger partial charge is 0.324 e. The van der Waals surface area contributed by atoms with E-state index in [1.165, 1.54) is 16.7 Å². The van der Waals surface area contributed by atoms with Gasteiger partial charge in [0.25, 0.3) is 0 Å². The summed E-state index contributed by atoms with van der Waals surface area (Å²) in [5, 5.41) is 3.28. The van der Waals surface area contributed by atoms with Gasteiger partial charge in [-0.3, -0.25) is 9.69 Å². The standard InChI is InChI=1S/C16H24N2O2/c1-4-20-16(19)15-10-17-8-9-18(15)11-14-12(2)6-5-7-13(14)3/h5-7,15,17H,4,8-11H2,1-3H3. The van der Waals surface area contributed by atoms with Gasteiger partial charge in [-0.15, -0.1) is 0 Å². The number of hydrogen-bond acceptors (Lipinski definition) is 4. The fourth-order valence-electron chi connectivity index (χ4n) is 2.71. The summed E-state index contributed by atoms with van der Waals surface area (Å²) >= 11 is 0. The van der Waals surface area contributed by atoms with Crippen molar-refractivity contribution in [3.63, 3.8) is 0 Å². The Morgan fingerprint density at radius 1 is 1.40 bits per heavy atom. The molecule has 4 heteroatoms. The number of carbonyl (C=O) groups is 1. The molecule has 0 spiro atoms. The van der Waals surface area contributed by atoms with E-state index >= 15 is 0 Å². The lowest BCUT2D eigenvalue weighted by Gasteiger charge is -2.35. The third-order valence-electron chi connectivity index (χ3n) is 3.92. The molecule has 20 heavy (non-hydrogen) atoms. The van der Waals surface area contributed by atoms with E-state index in [9.17, 15) is 4.79 Å². The van der Waals surface area contributed by atoms with Crippen LogP contribution in [-0.4, -0.2) is 43.2 Å². The summed E-state index contributed by atoms with van der Waals surface area (Å²) < 4.78 is 5.19. The van der Waals surface area contributed by atoms with Crippen molar-refractivity contribution in [3.05, 3.63) is 34.9 Å². The molecule has 110 valence electrons. The number of piperazine rings is 1. The lowest BCUT2D eigenvalue weighted by atomic mass is 10.0. The van der Waals surface area contributed by atoms with E-state index < -0.39 is 0 Å². The van der Waals surface area contributed by atoms with Gasteiger partial charge in [0.15, 0.2) is 0 Å². The molecule has 0 saturated carbocycles. The zero-order valence-electron chi connectivity index (χ0n) is 12.6. The summed E-state index contributed by atoms with van der Waals surface area (Å²) in [6, 6.07) is 6.16. The van der Waals surface area contributed by atoms with Crippen LogP contribution in [0.3, 0.4) is 0 Å². The molecule has 0 amide bonds. The Kier molecular flexibility index (Phi) is 5.15. The van der Waals surface area contributed by atoms with E-state index in [1.807, 2.05) is 6.92 Å². The average Bonchev–Trinajstić information content (AvgIpc) is 2.44. The first kappa shape index (κ1) is 15.0. The number of ether oxygens (including phenoxy) is 1. The minimum absolute atomic E-state index is 0.120. The average molecular weight is 276 g/mol. The molecule has 1 fully saturated rings. The minimum Gasteiger partial charge on any atom is -0.465 e. The van der Waals surface area contributed by atoms with Crippen LogP contribution in [0, 0.1) is 13.8 Å². The topological polar surface area (TPSA) is 41.6 Å². The maximum atomic E-state index is 12.1. The van der Waals surface area contributed by atoms with Gasteiger partial charge in [-0.1, -0.05) is 18.2 Å². The highest BCUT2D eigenvalue weighted by Gasteiger charge is 2.30. The SMILES string of the molecule is CCOC(=O)C1CNCCN1Cc1c(C)cccc1C. The molecule has 0 aromatic heterocycles. The maximum Gasteiger partial charge on any atom is 0.324 e. The van der Waals surface area contributed by atoms with Crippen molar-refractivity contribution in [2.24, 2.45) is 0 Å². The Balaban J connectivity index is 2.14. The van der Waals surface area contributed by atoms with Crippen LogP contribution in [0.2, 0.25) is 0 Å². The molecule has 1 N–H and O–H groups in total. The van der Waals surface area contributed by atoms with Crippen molar-refractivity contribution in [3.8, 4) is 0 Å². The second-order valence-corrected chi connectivity index (χ2v) is 5.31. The maximum absolute atomic E-state index is 12.1. The van der Waals surface area contributed by atoms with Gasteiger partial charge in [-0.05, 0) is 37.5 Å². The van der Waals surface area contributed by atoms with Crippen molar-refractivity contribution >= 4 is 5.97 Å². The predicted octanol–water partition coefficient (Wildman–Crippen LogP) is 1.64. The Morgan fingerprint density at radius 2 is 2.10 bits per heavy atom. The number of aryl methyl sites for hydroxylation is 2. The van der Waals surface area contributed by atoms with E-state index in [4.69, 9.17) is 4.74 Å². The Labute approximate surface area is 121 Å². The predicted molar refractivity (Wildman–Crippen MR) is 79.6 cm³/mol. The molecule has 0 radical (unpaired) electrons. The molecule has 4 nitrogen and oxygen atoms in total. The molecule has 1 heterocycles. The monoisotopic (exact) mass is 276 g/mol. The second-order valence-electron chi connectivity index (χ2n) is 5.31. The van der Waals surface area contributed by atoms with Crippen LogP contribution in [0.5, 0.6) is 0 Å². The number of hydrogen-bond donors (Lipinski definition) is 1. The quantitative estimate of drug-likeness (QED) is 0.849. The lowest BCUT2D eigenvalue weighted by Crippen LogP contribution is -2.55. The lowest BCUT2D eigenvalue weighted by molar-refractivity contribution is -0.150. The second kappa shape index (κ2) is 6.86. The van der Waals surface area contributed by atoms with Crippen molar-refractivity contribution in [2.75, 3.05) is 26.2 Å². The molecule has 1 aliphatic rings. The third kappa shape index (κ3) is 3.38. The van der Waals surface area contributed by atoms with E-state index in [2.05, 4.69) is 42.3 Å². The Morgan fingerprint density at radius 3 is 2.75 bits per heavy atom. The zero-order valence-corrected chi connectivity index (χ0v) is 12.6. The third-order valence-corrected chi connectivity index (χ3v) is 3.92. The van der Waals surface area contributed by atoms with Crippen LogP contribution < -0.4 is 5.32 Å². The molecule has 2 rings (SSSR count). The molecule has 0 bridgehead atoms. The minimum atomic E-state index is -0.178. The summed E-state index contributed by atoms with van der Waals surface area (Å²) in [6.07, 6.45) is 0. The first-order valence-electron chi connectivity index (χ1n) is 7.30. The first-order valence-corrected chi connectivity index (χ1v) is 7.30. The van der Waals surface area contributed by atoms with Gasteiger partial charge in [-0.25, -0.2) is 0 Å². The molecular weight excluding hydrogens is 252 g/mol. The molecule has 1 unspecified atom stereocenters. The van der Waals surface area contributed by atoms with Crippen LogP contribution in [0.4, 0.5) is 0 Å². The number of nitrogens with one attached hydrogen (secondary N) is 1. The number of carbonyl (C=O) groups excluding carboxylic acids is 1. The van der Waals surface area contributed by atoms with E-state index in [0.717, 1.165) is 19.6 Å². The number of nitrogens with zero attached hydrogens (tertiary/aromatic N) is 1. The highest BCUT2D eigenvalue weighted by Crippen LogP contribution is 2.18. The van der Waals surface area contributed by atoms with Gasteiger partial charge >= 0.3 is 5.97 Å². The highest BCUT2D eigenvalue weighted by atomic mass is 16.5. The summed E-state index contributed by atoms with van der Waals surface area (Å²) in [7, 11) is 0. The molecule has 1 aliphatic heterocycles. The van der Waals surface area contributed by atoms with Crippen molar-refractivity contribution in [1.82, 2.24) is 10.2 Å². The Hall–Kier alpha value is -1.39. The fourth-order valence-corrected chi connectivity index (χ4v) is 2.71. The van der Waals surface area contributed by atoms with E-state index in [1.54, 1.807) is 0 Å². The Bertz CT molecular complexity index is 453. The van der Waals surface area contributed by atoms with Crippen molar-refractivity contribution in [1.29, 1.82) is 0 Å². The molecule has 1 saturated heterocycles. The van der Waals surface area contributed by atoms with Crippen LogP contribution in [0.1, 0.15) is 23.6 Å². The van der Waals surface area contributed by atoms with Crippen LogP contribution in [0.15, 0.2) is 18.2 Å². The van der Waals surface area contributed by atoms with E-state index in [0.29, 0.717) is 13.2 Å². The normalized spacial score (nSPS) is 19.9. The number of benzene rings is 1. The van der Waals surface area contributed by atoms with Gasteiger partial charge in [0.05, 0.1) is 6.61 Å². The summed E-state index contributed by atoms with van der Waals surface area (Å²) in [6.45, 7) is 9.82. The number of rotatable bonds is 4. The molecular formula is C16H24N2O2. The summed E-state index contributed by atoms with van der Waals surface area (Å²) in [5.74, 6) is -0.120. The van der Waals surface area contributed by atoms with Gasteiger partial charge < -0.3 is 10.1 Å². The van der Waals surface area contributed by atoms with Gasteiger partial charge in [0.2, 0.25) is 0 Å². The number of esters is 1. The zero-order chi connectivity index (χ0) is 14.5. The summed E-state index contributed by atoms with van der Waals surface area (Å²) in [4.78, 5) is 14.3. The summed E-state index contributed by atoms with van der Waals surface area (Å²) in [5.41, 5.74) is 3.89.